The van der Waals surface area contributed by atoms with E-state index in [9.17, 15) is 4.79 Å². The topological polar surface area (TPSA) is 58.1 Å². The molecule has 2 heterocycles. The zero-order valence-corrected chi connectivity index (χ0v) is 18.5. The first-order valence-corrected chi connectivity index (χ1v) is 11.4. The van der Waals surface area contributed by atoms with Gasteiger partial charge in [-0.2, -0.15) is 4.37 Å². The van der Waals surface area contributed by atoms with Crippen molar-refractivity contribution in [3.8, 4) is 0 Å². The van der Waals surface area contributed by atoms with Gasteiger partial charge in [0.2, 0.25) is 5.13 Å². The predicted octanol–water partition coefficient (Wildman–Crippen LogP) is 4.54. The SMILES string of the molecule is O=C(NCC1CCN(c2nc(Cc3ccccc3)ns2)CC1)c1ccccc1Br. The van der Waals surface area contributed by atoms with Crippen LogP contribution in [0.25, 0.3) is 0 Å². The average Bonchev–Trinajstić information content (AvgIpc) is 3.22. The summed E-state index contributed by atoms with van der Waals surface area (Å²) in [6.07, 6.45) is 2.86. The number of carbonyl (C=O) groups is 1. The molecule has 1 saturated heterocycles. The lowest BCUT2D eigenvalue weighted by molar-refractivity contribution is 0.0944. The number of carbonyl (C=O) groups excluding carboxylic acids is 1. The molecule has 4 rings (SSSR count). The van der Waals surface area contributed by atoms with Crippen molar-refractivity contribution in [2.24, 2.45) is 5.92 Å². The Morgan fingerprint density at radius 1 is 1.10 bits per heavy atom. The van der Waals surface area contributed by atoms with Crippen molar-refractivity contribution in [1.82, 2.24) is 14.7 Å². The Bertz CT molecular complexity index is 954. The van der Waals surface area contributed by atoms with E-state index in [0.717, 1.165) is 47.8 Å². The van der Waals surface area contributed by atoms with E-state index in [0.29, 0.717) is 18.0 Å². The van der Waals surface area contributed by atoms with Gasteiger partial charge in [-0.15, -0.1) is 0 Å². The van der Waals surface area contributed by atoms with Gasteiger partial charge in [-0.1, -0.05) is 42.5 Å². The maximum Gasteiger partial charge on any atom is 0.252 e. The number of hydrogen-bond acceptors (Lipinski definition) is 5. The number of halogens is 1. The molecule has 1 aliphatic rings. The van der Waals surface area contributed by atoms with Gasteiger partial charge in [0.25, 0.3) is 5.91 Å². The second kappa shape index (κ2) is 9.50. The summed E-state index contributed by atoms with van der Waals surface area (Å²) in [6, 6.07) is 17.8. The molecule has 1 amide bonds. The van der Waals surface area contributed by atoms with Gasteiger partial charge < -0.3 is 10.2 Å². The van der Waals surface area contributed by atoms with Crippen LogP contribution in [0.1, 0.15) is 34.6 Å². The van der Waals surface area contributed by atoms with Crippen LogP contribution in [0.5, 0.6) is 0 Å². The van der Waals surface area contributed by atoms with Crippen molar-refractivity contribution in [3.63, 3.8) is 0 Å². The molecule has 1 aliphatic heterocycles. The number of nitrogens with one attached hydrogen (secondary N) is 1. The largest absolute Gasteiger partial charge is 0.352 e. The molecule has 0 spiro atoms. The molecule has 150 valence electrons. The molecule has 1 fully saturated rings. The summed E-state index contributed by atoms with van der Waals surface area (Å²) in [5.74, 6) is 1.36. The van der Waals surface area contributed by atoms with E-state index >= 15 is 0 Å². The van der Waals surface area contributed by atoms with Crippen molar-refractivity contribution < 1.29 is 4.79 Å². The van der Waals surface area contributed by atoms with E-state index < -0.39 is 0 Å². The van der Waals surface area contributed by atoms with Crippen molar-refractivity contribution in [1.29, 1.82) is 0 Å². The van der Waals surface area contributed by atoms with Crippen LogP contribution < -0.4 is 10.2 Å². The van der Waals surface area contributed by atoms with Crippen molar-refractivity contribution >= 4 is 38.5 Å². The fraction of sp³-hybridized carbons (Fsp3) is 0.318. The van der Waals surface area contributed by atoms with Crippen LogP contribution in [0.4, 0.5) is 5.13 Å². The van der Waals surface area contributed by atoms with Crippen LogP contribution >= 0.6 is 27.5 Å². The zero-order chi connectivity index (χ0) is 20.1. The lowest BCUT2D eigenvalue weighted by Gasteiger charge is -2.31. The molecule has 0 aliphatic carbocycles. The summed E-state index contributed by atoms with van der Waals surface area (Å²) in [5, 5.41) is 4.09. The van der Waals surface area contributed by atoms with Crippen molar-refractivity contribution in [2.45, 2.75) is 19.3 Å². The highest BCUT2D eigenvalue weighted by atomic mass is 79.9. The predicted molar refractivity (Wildman–Crippen MR) is 121 cm³/mol. The van der Waals surface area contributed by atoms with Gasteiger partial charge in [-0.3, -0.25) is 4.79 Å². The summed E-state index contributed by atoms with van der Waals surface area (Å²) in [6.45, 7) is 2.62. The number of anilines is 1. The first-order chi connectivity index (χ1) is 14.2. The summed E-state index contributed by atoms with van der Waals surface area (Å²) in [4.78, 5) is 19.4. The Balaban J connectivity index is 1.25. The van der Waals surface area contributed by atoms with Gasteiger partial charge in [0.15, 0.2) is 0 Å². The number of hydrogen-bond donors (Lipinski definition) is 1. The smallest absolute Gasteiger partial charge is 0.252 e. The molecular formula is C22H23BrN4OS. The molecule has 29 heavy (non-hydrogen) atoms. The normalized spacial score (nSPS) is 14.7. The quantitative estimate of drug-likeness (QED) is 0.574. The van der Waals surface area contributed by atoms with Crippen LogP contribution in [0, 0.1) is 5.92 Å². The maximum atomic E-state index is 12.4. The highest BCUT2D eigenvalue weighted by Gasteiger charge is 2.22. The molecule has 1 N–H and O–H groups in total. The second-order valence-corrected chi connectivity index (χ2v) is 8.86. The molecular weight excluding hydrogens is 448 g/mol. The fourth-order valence-electron chi connectivity index (χ4n) is 3.53. The first-order valence-electron chi connectivity index (χ1n) is 9.83. The summed E-state index contributed by atoms with van der Waals surface area (Å²) < 4.78 is 5.36. The van der Waals surface area contributed by atoms with Crippen LogP contribution in [0.3, 0.4) is 0 Å². The van der Waals surface area contributed by atoms with E-state index in [4.69, 9.17) is 4.98 Å². The molecule has 2 aromatic carbocycles. The molecule has 7 heteroatoms. The van der Waals surface area contributed by atoms with E-state index in [1.165, 1.54) is 17.1 Å². The van der Waals surface area contributed by atoms with Crippen molar-refractivity contribution in [2.75, 3.05) is 24.5 Å². The number of nitrogens with zero attached hydrogens (tertiary/aromatic N) is 3. The first kappa shape index (κ1) is 20.0. The van der Waals surface area contributed by atoms with Gasteiger partial charge in [0.05, 0.1) is 5.56 Å². The molecule has 0 bridgehead atoms. The third kappa shape index (κ3) is 5.22. The third-order valence-electron chi connectivity index (χ3n) is 5.22. The van der Waals surface area contributed by atoms with Gasteiger partial charge in [-0.05, 0) is 52.4 Å². The number of aromatic nitrogens is 2. The summed E-state index contributed by atoms with van der Waals surface area (Å²) in [7, 11) is 0. The summed E-state index contributed by atoms with van der Waals surface area (Å²) in [5.41, 5.74) is 1.92. The van der Waals surface area contributed by atoms with Crippen LogP contribution in [-0.4, -0.2) is 34.9 Å². The molecule has 3 aromatic rings. The highest BCUT2D eigenvalue weighted by molar-refractivity contribution is 9.10. The molecule has 0 saturated carbocycles. The standard InChI is InChI=1S/C22H23BrN4OS/c23-19-9-5-4-8-18(19)21(28)24-15-17-10-12-27(13-11-17)22-25-20(26-29-22)14-16-6-2-1-3-7-16/h1-9,17H,10-15H2,(H,24,28). The fourth-order valence-corrected chi connectivity index (χ4v) is 4.73. The average molecular weight is 471 g/mol. The number of rotatable bonds is 6. The molecule has 5 nitrogen and oxygen atoms in total. The molecule has 0 atom stereocenters. The lowest BCUT2D eigenvalue weighted by atomic mass is 9.97. The van der Waals surface area contributed by atoms with E-state index in [1.54, 1.807) is 0 Å². The second-order valence-electron chi connectivity index (χ2n) is 7.28. The van der Waals surface area contributed by atoms with Crippen LogP contribution in [0.15, 0.2) is 59.1 Å². The van der Waals surface area contributed by atoms with E-state index in [1.807, 2.05) is 42.5 Å². The zero-order valence-electron chi connectivity index (χ0n) is 16.1. The van der Waals surface area contributed by atoms with Gasteiger partial charge in [0, 0.05) is 42.1 Å². The number of benzene rings is 2. The van der Waals surface area contributed by atoms with Gasteiger partial charge in [0.1, 0.15) is 5.82 Å². The summed E-state index contributed by atoms with van der Waals surface area (Å²) >= 11 is 4.92. The van der Waals surface area contributed by atoms with Crippen LogP contribution in [-0.2, 0) is 6.42 Å². The minimum atomic E-state index is -0.0189. The molecule has 0 unspecified atom stereocenters. The Morgan fingerprint density at radius 3 is 2.59 bits per heavy atom. The highest BCUT2D eigenvalue weighted by Crippen LogP contribution is 2.25. The number of piperidine rings is 1. The van der Waals surface area contributed by atoms with Crippen molar-refractivity contribution in [3.05, 3.63) is 76.0 Å². The molecule has 0 radical (unpaired) electrons. The van der Waals surface area contributed by atoms with E-state index in [-0.39, 0.29) is 5.91 Å². The van der Waals surface area contributed by atoms with E-state index in [2.05, 4.69) is 42.7 Å². The maximum absolute atomic E-state index is 12.4. The Kier molecular flexibility index (Phi) is 6.56. The minimum Gasteiger partial charge on any atom is -0.352 e. The Hall–Kier alpha value is -2.25. The van der Waals surface area contributed by atoms with Gasteiger partial charge >= 0.3 is 0 Å². The minimum absolute atomic E-state index is 0.0189. The third-order valence-corrected chi connectivity index (χ3v) is 6.72. The Labute approximate surface area is 183 Å². The van der Waals surface area contributed by atoms with Crippen LogP contribution in [0.2, 0.25) is 0 Å². The molecule has 1 aromatic heterocycles. The lowest BCUT2D eigenvalue weighted by Crippen LogP contribution is -2.38. The van der Waals surface area contributed by atoms with Gasteiger partial charge in [-0.25, -0.2) is 4.98 Å². The monoisotopic (exact) mass is 470 g/mol. The Morgan fingerprint density at radius 2 is 1.83 bits per heavy atom. The number of amides is 1.